The zero-order valence-corrected chi connectivity index (χ0v) is 32.8. The number of nitrogen functional groups attached to an aromatic ring is 1. The summed E-state index contributed by atoms with van der Waals surface area (Å²) in [7, 11) is 0. The number of phenols is 1. The summed E-state index contributed by atoms with van der Waals surface area (Å²) < 4.78 is 41.1. The van der Waals surface area contributed by atoms with Gasteiger partial charge in [0.2, 0.25) is 0 Å². The number of halogens is 1. The largest absolute Gasteiger partial charge is 0.507 e. The number of hydrogen-bond donors (Lipinski definition) is 3. The predicted octanol–water partition coefficient (Wildman–Crippen LogP) is 6.43. The maximum absolute atomic E-state index is 16.4. The van der Waals surface area contributed by atoms with E-state index in [0.717, 1.165) is 53.8 Å². The van der Waals surface area contributed by atoms with Gasteiger partial charge in [0, 0.05) is 113 Å². The molecule has 9 rings (SSSR count). The second kappa shape index (κ2) is 16.0. The zero-order chi connectivity index (χ0) is 41.5. The number of aryl methyl sites for hydroxylation is 1. The van der Waals surface area contributed by atoms with E-state index in [1.54, 1.807) is 29.2 Å². The first kappa shape index (κ1) is 35.6. The number of para-hydroxylation sites is 1. The third kappa shape index (κ3) is 7.73. The van der Waals surface area contributed by atoms with Crippen LogP contribution in [0.3, 0.4) is 0 Å². The first-order chi connectivity index (χ1) is 29.0. The van der Waals surface area contributed by atoms with E-state index in [0.29, 0.717) is 80.9 Å². The molecule has 0 saturated carbocycles. The molecular weight excluding hydrogens is 734 g/mol. The number of phenolic OH excluding ortho intramolecular Hbond substituents is 1. The van der Waals surface area contributed by atoms with Crippen molar-refractivity contribution in [1.29, 1.82) is 0 Å². The molecule has 0 aliphatic carbocycles. The first-order valence-corrected chi connectivity index (χ1v) is 20.3. The minimum atomic E-state index is -1.34. The lowest BCUT2D eigenvalue weighted by Gasteiger charge is -2.41. The van der Waals surface area contributed by atoms with Gasteiger partial charge in [0.25, 0.3) is 5.91 Å². The van der Waals surface area contributed by atoms with Gasteiger partial charge >= 0.3 is 0 Å². The Labute approximate surface area is 341 Å². The molecule has 0 radical (unpaired) electrons. The van der Waals surface area contributed by atoms with Crippen LogP contribution in [-0.2, 0) is 4.74 Å². The van der Waals surface area contributed by atoms with E-state index in [1.165, 1.54) is 5.56 Å². The van der Waals surface area contributed by atoms with Crippen molar-refractivity contribution in [3.63, 3.8) is 0 Å². The van der Waals surface area contributed by atoms with Crippen LogP contribution in [0.25, 0.3) is 22.2 Å². The van der Waals surface area contributed by atoms with Gasteiger partial charge in [0.1, 0.15) is 17.5 Å². The Morgan fingerprint density at radius 3 is 2.60 bits per heavy atom. The molecule has 12 nitrogen and oxygen atoms in total. The summed E-state index contributed by atoms with van der Waals surface area (Å²) in [4.78, 5) is 21.6. The third-order valence-electron chi connectivity index (χ3n) is 12.3. The summed E-state index contributed by atoms with van der Waals surface area (Å²) in [6.07, 6.45) is 8.01. The predicted molar refractivity (Wildman–Crippen MR) is 226 cm³/mol. The number of nitrogens with one attached hydrogen (secondary N) is 1. The van der Waals surface area contributed by atoms with Crippen LogP contribution in [-0.4, -0.2) is 107 Å². The smallest absolute Gasteiger partial charge is 0.253 e. The van der Waals surface area contributed by atoms with Crippen LogP contribution in [0.5, 0.6) is 5.75 Å². The van der Waals surface area contributed by atoms with Crippen molar-refractivity contribution in [1.82, 2.24) is 29.9 Å². The summed E-state index contributed by atoms with van der Waals surface area (Å²) in [5.74, 6) is 0.325. The SMILES string of the molecule is [2H]C1C=CN(c2ccc3c(c2)c(C)cn3C2CCN(CC3(F)CCN(C(=O)c4ccc(C5CN(c6cc(-c7ccccc7O)nnc6N)CCO5)cc4)CC3)CC2)C([2H])N1. The molecule has 0 bridgehead atoms. The molecule has 3 aromatic carbocycles. The average Bonchev–Trinajstić information content (AvgIpc) is 3.59. The van der Waals surface area contributed by atoms with E-state index in [4.69, 9.17) is 13.2 Å². The fourth-order valence-corrected chi connectivity index (χ4v) is 8.98. The number of nitrogens with zero attached hydrogens (tertiary/aromatic N) is 7. The molecule has 4 N–H and O–H groups in total. The number of amides is 1. The number of nitrogens with two attached hydrogens (primary N) is 1. The van der Waals surface area contributed by atoms with Crippen molar-refractivity contribution in [2.24, 2.45) is 0 Å². The van der Waals surface area contributed by atoms with E-state index in [1.807, 2.05) is 53.6 Å². The zero-order valence-electron chi connectivity index (χ0n) is 34.8. The fourth-order valence-electron chi connectivity index (χ4n) is 8.98. The number of rotatable bonds is 8. The van der Waals surface area contributed by atoms with Gasteiger partial charge in [-0.15, -0.1) is 10.2 Å². The van der Waals surface area contributed by atoms with Crippen molar-refractivity contribution in [2.45, 2.75) is 50.4 Å². The van der Waals surface area contributed by atoms with Crippen LogP contribution in [0.2, 0.25) is 0 Å². The molecule has 13 heteroatoms. The number of anilines is 3. The molecule has 4 aliphatic heterocycles. The summed E-state index contributed by atoms with van der Waals surface area (Å²) in [5, 5.41) is 22.8. The molecule has 6 heterocycles. The lowest BCUT2D eigenvalue weighted by molar-refractivity contribution is 0.0158. The summed E-state index contributed by atoms with van der Waals surface area (Å²) in [5.41, 5.74) is 11.5. The number of morpholine rings is 1. The van der Waals surface area contributed by atoms with E-state index in [-0.39, 0.29) is 17.8 Å². The Morgan fingerprint density at radius 1 is 1.03 bits per heavy atom. The minimum Gasteiger partial charge on any atom is -0.507 e. The van der Waals surface area contributed by atoms with Crippen LogP contribution in [0.15, 0.2) is 91.3 Å². The second-order valence-electron chi connectivity index (χ2n) is 16.0. The number of carbonyl (C=O) groups excluding carboxylic acids is 1. The van der Waals surface area contributed by atoms with Crippen molar-refractivity contribution in [3.05, 3.63) is 108 Å². The van der Waals surface area contributed by atoms with Crippen LogP contribution >= 0.6 is 0 Å². The molecule has 4 aliphatic rings. The second-order valence-corrected chi connectivity index (χ2v) is 16.0. The number of benzene rings is 3. The first-order valence-electron chi connectivity index (χ1n) is 21.4. The number of fused-ring (bicyclic) bond motifs is 1. The van der Waals surface area contributed by atoms with Gasteiger partial charge < -0.3 is 39.7 Å². The maximum atomic E-state index is 16.4. The Kier molecular flexibility index (Phi) is 9.86. The fraction of sp³-hybridized carbons (Fsp3) is 0.400. The molecule has 3 atom stereocenters. The van der Waals surface area contributed by atoms with E-state index in [2.05, 4.69) is 55.1 Å². The highest BCUT2D eigenvalue weighted by molar-refractivity contribution is 5.94. The maximum Gasteiger partial charge on any atom is 0.253 e. The molecule has 2 aromatic heterocycles. The molecule has 58 heavy (non-hydrogen) atoms. The number of aromatic nitrogens is 3. The normalized spacial score (nSPS) is 23.6. The number of piperidine rings is 2. The number of hydrogen-bond acceptors (Lipinski definition) is 10. The third-order valence-corrected chi connectivity index (χ3v) is 12.3. The molecule has 5 aromatic rings. The number of alkyl halides is 1. The molecule has 1 amide bonds. The molecular formula is C45H52FN9O3. The highest BCUT2D eigenvalue weighted by Crippen LogP contribution is 2.36. The van der Waals surface area contributed by atoms with Gasteiger partial charge in [-0.2, -0.15) is 0 Å². The number of aromatic hydroxyl groups is 1. The Hall–Kier alpha value is -5.50. The topological polar surface area (TPSA) is 128 Å². The van der Waals surface area contributed by atoms with Crippen LogP contribution < -0.4 is 20.9 Å². The lowest BCUT2D eigenvalue weighted by Crippen LogP contribution is -2.51. The number of carbonyl (C=O) groups is 1. The van der Waals surface area contributed by atoms with Crippen molar-refractivity contribution in [3.8, 4) is 17.0 Å². The van der Waals surface area contributed by atoms with Crippen LogP contribution in [0, 0.1) is 6.92 Å². The summed E-state index contributed by atoms with van der Waals surface area (Å²) >= 11 is 0. The number of ether oxygens (including phenoxy) is 1. The van der Waals surface area contributed by atoms with Crippen molar-refractivity contribution in [2.75, 3.05) is 81.1 Å². The highest BCUT2D eigenvalue weighted by Gasteiger charge is 2.39. The highest BCUT2D eigenvalue weighted by atomic mass is 19.1. The molecule has 302 valence electrons. The van der Waals surface area contributed by atoms with Gasteiger partial charge in [-0.1, -0.05) is 30.3 Å². The van der Waals surface area contributed by atoms with Gasteiger partial charge in [-0.3, -0.25) is 10.1 Å². The molecule has 3 unspecified atom stereocenters. The summed E-state index contributed by atoms with van der Waals surface area (Å²) in [6, 6.07) is 23.0. The standard InChI is InChI=1S/C45H52FN9O3/c1-31-27-55(39-12-11-35(25-37(31)39)54-18-4-17-48-30-54)34-13-19-51(20-14-34)29-45(46)15-21-52(22-16-45)44(57)33-9-7-32(8-10-33)42-28-53(23-24-58-42)40-26-38(49-50-43(40)47)36-5-2-3-6-41(36)56/h2-12,18,25-27,34,42,48,56H,13-17,19-24,28-30H2,1H3,(H2,47,50)/i17D,30D. The van der Waals surface area contributed by atoms with Gasteiger partial charge in [-0.05, 0) is 79.4 Å². The molecule has 3 saturated heterocycles. The average molecular weight is 788 g/mol. The minimum absolute atomic E-state index is 0.0886. The van der Waals surface area contributed by atoms with Crippen molar-refractivity contribution >= 4 is 34.0 Å². The van der Waals surface area contributed by atoms with E-state index in [9.17, 15) is 9.90 Å². The van der Waals surface area contributed by atoms with Gasteiger partial charge in [-0.25, -0.2) is 4.39 Å². The molecule has 3 fully saturated rings. The Bertz CT molecular complexity index is 2380. The number of likely N-dealkylation sites (tertiary alicyclic amines) is 2. The monoisotopic (exact) mass is 787 g/mol. The van der Waals surface area contributed by atoms with E-state index < -0.39 is 18.8 Å². The quantitative estimate of drug-likeness (QED) is 0.162. The Balaban J connectivity index is 0.769. The summed E-state index contributed by atoms with van der Waals surface area (Å²) in [6.45, 7) is 5.20. The lowest BCUT2D eigenvalue weighted by atomic mass is 9.91. The van der Waals surface area contributed by atoms with E-state index >= 15 is 4.39 Å². The molecule has 0 spiro atoms. The van der Waals surface area contributed by atoms with Gasteiger partial charge in [0.15, 0.2) is 5.82 Å². The van der Waals surface area contributed by atoms with Crippen molar-refractivity contribution < 1.29 is 21.8 Å². The van der Waals surface area contributed by atoms with Gasteiger partial charge in [0.05, 0.1) is 26.0 Å². The Morgan fingerprint density at radius 2 is 1.83 bits per heavy atom. The van der Waals surface area contributed by atoms with Crippen LogP contribution in [0.4, 0.5) is 21.6 Å². The van der Waals surface area contributed by atoms with Crippen LogP contribution in [0.1, 0.15) is 62.1 Å².